The summed E-state index contributed by atoms with van der Waals surface area (Å²) in [7, 11) is 0. The summed E-state index contributed by atoms with van der Waals surface area (Å²) in [4.78, 5) is 12.4. The number of amides is 1. The van der Waals surface area contributed by atoms with Crippen LogP contribution in [0.2, 0.25) is 0 Å². The molecule has 0 spiro atoms. The van der Waals surface area contributed by atoms with E-state index in [-0.39, 0.29) is 17.1 Å². The van der Waals surface area contributed by atoms with Crippen LogP contribution in [-0.4, -0.2) is 23.7 Å². The number of anilines is 1. The van der Waals surface area contributed by atoms with Crippen LogP contribution in [0.3, 0.4) is 0 Å². The molecular formula is C24H32N2O3S. The summed E-state index contributed by atoms with van der Waals surface area (Å²) in [6.45, 7) is 6.99. The van der Waals surface area contributed by atoms with Gasteiger partial charge in [-0.3, -0.25) is 10.1 Å². The summed E-state index contributed by atoms with van der Waals surface area (Å²) in [5.74, 6) is 1.31. The lowest BCUT2D eigenvalue weighted by molar-refractivity contribution is 0.0977. The summed E-state index contributed by atoms with van der Waals surface area (Å²) >= 11 is 5.25. The molecule has 2 N–H and O–H groups in total. The van der Waals surface area contributed by atoms with Crippen molar-refractivity contribution in [3.63, 3.8) is 0 Å². The Hall–Kier alpha value is -2.60. The molecule has 5 nitrogen and oxygen atoms in total. The maximum atomic E-state index is 12.4. The molecule has 1 atom stereocenters. The number of hydrogen-bond acceptors (Lipinski definition) is 4. The van der Waals surface area contributed by atoms with Crippen molar-refractivity contribution in [2.24, 2.45) is 0 Å². The van der Waals surface area contributed by atoms with E-state index in [0.29, 0.717) is 12.2 Å². The minimum absolute atomic E-state index is 0.169. The van der Waals surface area contributed by atoms with Crippen LogP contribution < -0.4 is 20.1 Å². The first-order valence-corrected chi connectivity index (χ1v) is 11.0. The van der Waals surface area contributed by atoms with Gasteiger partial charge in [0.05, 0.1) is 12.7 Å². The van der Waals surface area contributed by atoms with Gasteiger partial charge in [0.2, 0.25) is 0 Å². The molecule has 162 valence electrons. The molecule has 0 aliphatic rings. The Kier molecular flexibility index (Phi) is 10.1. The van der Waals surface area contributed by atoms with Gasteiger partial charge in [0.15, 0.2) is 5.11 Å². The lowest BCUT2D eigenvalue weighted by Crippen LogP contribution is -2.34. The Balaban J connectivity index is 1.79. The molecule has 6 heteroatoms. The third kappa shape index (κ3) is 8.41. The summed E-state index contributed by atoms with van der Waals surface area (Å²) < 4.78 is 11.5. The summed E-state index contributed by atoms with van der Waals surface area (Å²) in [6.07, 6.45) is 5.77. The molecule has 0 aliphatic carbocycles. The van der Waals surface area contributed by atoms with Gasteiger partial charge in [-0.2, -0.15) is 0 Å². The van der Waals surface area contributed by atoms with E-state index in [1.165, 1.54) is 19.3 Å². The average molecular weight is 429 g/mol. The fourth-order valence-electron chi connectivity index (χ4n) is 2.69. The molecule has 1 amide bonds. The van der Waals surface area contributed by atoms with E-state index in [9.17, 15) is 4.79 Å². The van der Waals surface area contributed by atoms with E-state index in [4.69, 9.17) is 21.7 Å². The quantitative estimate of drug-likeness (QED) is 0.342. The number of carbonyl (C=O) groups excluding carboxylic acids is 1. The monoisotopic (exact) mass is 428 g/mol. The summed E-state index contributed by atoms with van der Waals surface area (Å²) in [5, 5.41) is 5.95. The van der Waals surface area contributed by atoms with Crippen molar-refractivity contribution in [2.45, 2.75) is 59.0 Å². The van der Waals surface area contributed by atoms with E-state index >= 15 is 0 Å². The van der Waals surface area contributed by atoms with E-state index < -0.39 is 0 Å². The van der Waals surface area contributed by atoms with Crippen LogP contribution in [0.25, 0.3) is 0 Å². The largest absolute Gasteiger partial charge is 0.494 e. The van der Waals surface area contributed by atoms with Gasteiger partial charge in [0, 0.05) is 11.3 Å². The fraction of sp³-hybridized carbons (Fsp3) is 0.417. The molecule has 0 aromatic heterocycles. The Bertz CT molecular complexity index is 791. The molecular weight excluding hydrogens is 396 g/mol. The Morgan fingerprint density at radius 2 is 1.63 bits per heavy atom. The zero-order valence-corrected chi connectivity index (χ0v) is 18.9. The standard InChI is InChI=1S/C24H32N2O3S/c1-4-6-7-8-17-28-21-13-9-19(10-14-21)23(27)26-24(30)25-20-11-15-22(16-12-20)29-18(3)5-2/h9-16,18H,4-8,17H2,1-3H3,(H2,25,26,27,30). The summed E-state index contributed by atoms with van der Waals surface area (Å²) in [6, 6.07) is 14.6. The number of carbonyl (C=O) groups is 1. The number of ether oxygens (including phenoxy) is 2. The number of unbranched alkanes of at least 4 members (excludes halogenated alkanes) is 3. The molecule has 0 bridgehead atoms. The number of rotatable bonds is 11. The van der Waals surface area contributed by atoms with Crippen LogP contribution in [0.15, 0.2) is 48.5 Å². The van der Waals surface area contributed by atoms with Crippen molar-refractivity contribution in [2.75, 3.05) is 11.9 Å². The Morgan fingerprint density at radius 1 is 0.967 bits per heavy atom. The third-order valence-electron chi connectivity index (χ3n) is 4.63. The highest BCUT2D eigenvalue weighted by Gasteiger charge is 2.09. The first-order valence-electron chi connectivity index (χ1n) is 10.6. The van der Waals surface area contributed by atoms with Crippen LogP contribution >= 0.6 is 12.2 Å². The second kappa shape index (κ2) is 12.9. The van der Waals surface area contributed by atoms with E-state index in [2.05, 4.69) is 24.5 Å². The molecule has 1 unspecified atom stereocenters. The van der Waals surface area contributed by atoms with Gasteiger partial charge in [0.25, 0.3) is 5.91 Å². The van der Waals surface area contributed by atoms with Gasteiger partial charge in [-0.1, -0.05) is 33.1 Å². The van der Waals surface area contributed by atoms with Crippen molar-refractivity contribution in [3.8, 4) is 11.5 Å². The van der Waals surface area contributed by atoms with Crippen molar-refractivity contribution in [1.29, 1.82) is 0 Å². The highest BCUT2D eigenvalue weighted by molar-refractivity contribution is 7.80. The Morgan fingerprint density at radius 3 is 2.27 bits per heavy atom. The second-order valence-corrected chi connectivity index (χ2v) is 7.61. The van der Waals surface area contributed by atoms with Crippen molar-refractivity contribution in [3.05, 3.63) is 54.1 Å². The first kappa shape index (κ1) is 23.7. The maximum Gasteiger partial charge on any atom is 0.257 e. The molecule has 0 saturated carbocycles. The minimum Gasteiger partial charge on any atom is -0.494 e. The highest BCUT2D eigenvalue weighted by atomic mass is 32.1. The molecule has 30 heavy (non-hydrogen) atoms. The zero-order chi connectivity index (χ0) is 21.8. The van der Waals surface area contributed by atoms with Gasteiger partial charge >= 0.3 is 0 Å². The lowest BCUT2D eigenvalue weighted by Gasteiger charge is -2.14. The molecule has 2 rings (SSSR count). The molecule has 0 fully saturated rings. The molecule has 0 radical (unpaired) electrons. The normalized spacial score (nSPS) is 11.4. The third-order valence-corrected chi connectivity index (χ3v) is 4.84. The van der Waals surface area contributed by atoms with Crippen molar-refractivity contribution < 1.29 is 14.3 Å². The zero-order valence-electron chi connectivity index (χ0n) is 18.1. The van der Waals surface area contributed by atoms with Gasteiger partial charge in [-0.05, 0) is 80.5 Å². The SMILES string of the molecule is CCCCCCOc1ccc(C(=O)NC(=S)Nc2ccc(OC(C)CC)cc2)cc1. The predicted molar refractivity (Wildman–Crippen MR) is 127 cm³/mol. The first-order chi connectivity index (χ1) is 14.5. The van der Waals surface area contributed by atoms with Crippen molar-refractivity contribution >= 4 is 28.9 Å². The van der Waals surface area contributed by atoms with Crippen LogP contribution in [0.1, 0.15) is 63.2 Å². The van der Waals surface area contributed by atoms with Gasteiger partial charge in [0.1, 0.15) is 11.5 Å². The molecule has 2 aromatic carbocycles. The van der Waals surface area contributed by atoms with Gasteiger partial charge < -0.3 is 14.8 Å². The topological polar surface area (TPSA) is 59.6 Å². The molecule has 2 aromatic rings. The van der Waals surface area contributed by atoms with Crippen LogP contribution in [0, 0.1) is 0 Å². The molecule has 0 heterocycles. The second-order valence-electron chi connectivity index (χ2n) is 7.20. The average Bonchev–Trinajstić information content (AvgIpc) is 2.75. The van der Waals surface area contributed by atoms with Crippen molar-refractivity contribution in [1.82, 2.24) is 5.32 Å². The lowest BCUT2D eigenvalue weighted by atomic mass is 10.2. The maximum absolute atomic E-state index is 12.4. The summed E-state index contributed by atoms with van der Waals surface area (Å²) in [5.41, 5.74) is 1.30. The van der Waals surface area contributed by atoms with Crippen LogP contribution in [-0.2, 0) is 0 Å². The number of thiocarbonyl (C=S) groups is 1. The van der Waals surface area contributed by atoms with Gasteiger partial charge in [-0.25, -0.2) is 0 Å². The number of nitrogens with one attached hydrogen (secondary N) is 2. The molecule has 0 aliphatic heterocycles. The molecule has 0 saturated heterocycles. The minimum atomic E-state index is -0.265. The number of hydrogen-bond donors (Lipinski definition) is 2. The predicted octanol–water partition coefficient (Wildman–Crippen LogP) is 5.95. The van der Waals surface area contributed by atoms with Gasteiger partial charge in [-0.15, -0.1) is 0 Å². The Labute approximate surface area is 185 Å². The smallest absolute Gasteiger partial charge is 0.257 e. The van der Waals surface area contributed by atoms with E-state index in [0.717, 1.165) is 30.0 Å². The van der Waals surface area contributed by atoms with Crippen LogP contribution in [0.4, 0.5) is 5.69 Å². The highest BCUT2D eigenvalue weighted by Crippen LogP contribution is 2.18. The van der Waals surface area contributed by atoms with E-state index in [1.807, 2.05) is 31.2 Å². The number of benzene rings is 2. The van der Waals surface area contributed by atoms with E-state index in [1.54, 1.807) is 24.3 Å². The fourth-order valence-corrected chi connectivity index (χ4v) is 2.90. The van der Waals surface area contributed by atoms with Crippen LogP contribution in [0.5, 0.6) is 11.5 Å².